The monoisotopic (exact) mass is 312 g/mol. The van der Waals surface area contributed by atoms with Crippen molar-refractivity contribution >= 4 is 22.8 Å². The molecule has 3 N–H and O–H groups in total. The average Bonchev–Trinajstić information content (AvgIpc) is 3.13. The summed E-state index contributed by atoms with van der Waals surface area (Å²) >= 11 is 5.98. The topological polar surface area (TPSA) is 114 Å². The van der Waals surface area contributed by atoms with Gasteiger partial charge in [-0.2, -0.15) is 0 Å². The quantitative estimate of drug-likeness (QED) is 0.618. The molecule has 0 spiro atoms. The maximum absolute atomic E-state index is 10.0. The largest absolute Gasteiger partial charge is 0.396 e. The number of ether oxygens (including phenoxy) is 1. The Bertz CT molecular complexity index is 693. The number of rotatable bonds is 2. The van der Waals surface area contributed by atoms with Gasteiger partial charge in [0.25, 0.3) is 0 Å². The Kier molecular flexibility index (Phi) is 2.92. The lowest BCUT2D eigenvalue weighted by Gasteiger charge is -2.33. The van der Waals surface area contributed by atoms with Gasteiger partial charge >= 0.3 is 0 Å². The molecule has 21 heavy (non-hydrogen) atoms. The summed E-state index contributed by atoms with van der Waals surface area (Å²) in [4.78, 5) is 12.2. The van der Waals surface area contributed by atoms with Gasteiger partial charge in [-0.15, -0.1) is 0 Å². The summed E-state index contributed by atoms with van der Waals surface area (Å²) < 4.78 is 7.36. The van der Waals surface area contributed by atoms with E-state index in [-0.39, 0.29) is 23.7 Å². The first-order chi connectivity index (χ1) is 10.1. The van der Waals surface area contributed by atoms with Crippen molar-refractivity contribution in [2.45, 2.75) is 30.5 Å². The molecule has 2 aliphatic rings. The maximum Gasteiger partial charge on any atom is 0.165 e. The molecule has 0 saturated carbocycles. The van der Waals surface area contributed by atoms with E-state index >= 15 is 0 Å². The molecule has 2 aromatic heterocycles. The highest BCUT2D eigenvalue weighted by atomic mass is 35.5. The number of aliphatic hydroxyl groups excluding tert-OH is 3. The molecule has 0 radical (unpaired) electrons. The van der Waals surface area contributed by atoms with E-state index in [0.717, 1.165) is 0 Å². The Morgan fingerprint density at radius 2 is 1.95 bits per heavy atom. The van der Waals surface area contributed by atoms with Crippen LogP contribution in [0.2, 0.25) is 5.15 Å². The highest BCUT2D eigenvalue weighted by molar-refractivity contribution is 6.33. The summed E-state index contributed by atoms with van der Waals surface area (Å²) in [5.41, 5.74) is 0.963. The van der Waals surface area contributed by atoms with E-state index in [1.807, 2.05) is 0 Å². The summed E-state index contributed by atoms with van der Waals surface area (Å²) in [6.45, 7) is -0.173. The molecular formula is C12H13ClN4O4. The van der Waals surface area contributed by atoms with Gasteiger partial charge in [0.1, 0.15) is 30.2 Å². The third-order valence-electron chi connectivity index (χ3n) is 4.38. The van der Waals surface area contributed by atoms with Gasteiger partial charge in [0, 0.05) is 5.92 Å². The Labute approximate surface area is 124 Å². The van der Waals surface area contributed by atoms with E-state index in [1.54, 1.807) is 10.9 Å². The van der Waals surface area contributed by atoms with Crippen molar-refractivity contribution in [2.24, 2.45) is 5.92 Å². The molecular weight excluding hydrogens is 300 g/mol. The Balaban J connectivity index is 1.83. The minimum atomic E-state index is -1.00. The second-order valence-corrected chi connectivity index (χ2v) is 5.73. The molecule has 2 fully saturated rings. The lowest BCUT2D eigenvalue weighted by atomic mass is 9.81. The van der Waals surface area contributed by atoms with Gasteiger partial charge in [-0.05, 0) is 0 Å². The Hall–Kier alpha value is -1.32. The van der Waals surface area contributed by atoms with Gasteiger partial charge in [0.2, 0.25) is 0 Å². The van der Waals surface area contributed by atoms with Gasteiger partial charge in [0.05, 0.1) is 25.1 Å². The predicted molar refractivity (Wildman–Crippen MR) is 70.6 cm³/mol. The number of hydrogen-bond acceptors (Lipinski definition) is 7. The normalized spacial score (nSPS) is 38.5. The van der Waals surface area contributed by atoms with Crippen LogP contribution in [0.1, 0.15) is 6.04 Å². The van der Waals surface area contributed by atoms with Crippen LogP contribution in [-0.4, -0.2) is 65.9 Å². The highest BCUT2D eigenvalue weighted by Gasteiger charge is 2.59. The molecule has 4 rings (SSSR count). The molecule has 9 heteroatoms. The third-order valence-corrected chi connectivity index (χ3v) is 4.66. The van der Waals surface area contributed by atoms with Crippen molar-refractivity contribution in [3.8, 4) is 0 Å². The van der Waals surface area contributed by atoms with Crippen molar-refractivity contribution in [1.82, 2.24) is 19.5 Å². The zero-order chi connectivity index (χ0) is 14.7. The number of hydrogen-bond donors (Lipinski definition) is 3. The van der Waals surface area contributed by atoms with Crippen LogP contribution in [0.3, 0.4) is 0 Å². The van der Waals surface area contributed by atoms with E-state index < -0.39 is 24.4 Å². The molecule has 0 unspecified atom stereocenters. The summed E-state index contributed by atoms with van der Waals surface area (Å²) in [6, 6.07) is -0.366. The van der Waals surface area contributed by atoms with Gasteiger partial charge in [-0.3, -0.25) is 0 Å². The van der Waals surface area contributed by atoms with Crippen LogP contribution in [-0.2, 0) is 4.74 Å². The first-order valence-electron chi connectivity index (χ1n) is 6.59. The fourth-order valence-corrected chi connectivity index (χ4v) is 3.60. The molecule has 4 heterocycles. The summed E-state index contributed by atoms with van der Waals surface area (Å²) in [5, 5.41) is 29.8. The first kappa shape index (κ1) is 13.4. The number of imidazole rings is 1. The van der Waals surface area contributed by atoms with Crippen LogP contribution >= 0.6 is 11.6 Å². The molecule has 8 nitrogen and oxygen atoms in total. The fraction of sp³-hybridized carbons (Fsp3) is 0.583. The number of aromatic nitrogens is 4. The molecule has 6 atom stereocenters. The number of nitrogens with zero attached hydrogens (tertiary/aromatic N) is 4. The smallest absolute Gasteiger partial charge is 0.165 e. The van der Waals surface area contributed by atoms with Crippen LogP contribution in [0.4, 0.5) is 0 Å². The van der Waals surface area contributed by atoms with E-state index in [0.29, 0.717) is 11.2 Å². The molecule has 0 aliphatic carbocycles. The maximum atomic E-state index is 10.0. The van der Waals surface area contributed by atoms with Gasteiger partial charge in [0.15, 0.2) is 10.8 Å². The number of halogens is 1. The zero-order valence-electron chi connectivity index (χ0n) is 10.7. The molecule has 2 aromatic rings. The summed E-state index contributed by atoms with van der Waals surface area (Å²) in [5.74, 6) is -0.348. The lowest BCUT2D eigenvalue weighted by Crippen LogP contribution is -2.48. The number of aliphatic hydroxyl groups is 3. The van der Waals surface area contributed by atoms with Crippen LogP contribution < -0.4 is 0 Å². The van der Waals surface area contributed by atoms with Gasteiger partial charge in [-0.1, -0.05) is 11.6 Å². The molecule has 112 valence electrons. The number of fused-ring (bicyclic) bond motifs is 3. The molecule has 2 saturated heterocycles. The second kappa shape index (κ2) is 4.59. The van der Waals surface area contributed by atoms with E-state index in [4.69, 9.17) is 16.3 Å². The predicted octanol–water partition coefficient (Wildman–Crippen LogP) is -0.868. The minimum absolute atomic E-state index is 0.173. The van der Waals surface area contributed by atoms with Crippen molar-refractivity contribution in [3.63, 3.8) is 0 Å². The summed E-state index contributed by atoms with van der Waals surface area (Å²) in [6.07, 6.45) is -0.338. The SMILES string of the molecule is OC[C@H]1[C@H]2O[C@H]([C@H](O)[C@H]2O)[C@H]1n1cnc2c(Cl)ncnc21. The van der Waals surface area contributed by atoms with Crippen LogP contribution in [0.15, 0.2) is 12.7 Å². The minimum Gasteiger partial charge on any atom is -0.396 e. The van der Waals surface area contributed by atoms with Crippen LogP contribution in [0.25, 0.3) is 11.2 Å². The fourth-order valence-electron chi connectivity index (χ4n) is 3.42. The van der Waals surface area contributed by atoms with Crippen molar-refractivity contribution in [1.29, 1.82) is 0 Å². The zero-order valence-corrected chi connectivity index (χ0v) is 11.5. The van der Waals surface area contributed by atoms with Crippen molar-refractivity contribution in [3.05, 3.63) is 17.8 Å². The van der Waals surface area contributed by atoms with E-state index in [9.17, 15) is 15.3 Å². The molecule has 0 amide bonds. The average molecular weight is 313 g/mol. The van der Waals surface area contributed by atoms with E-state index in [1.165, 1.54) is 6.33 Å². The Morgan fingerprint density at radius 3 is 2.71 bits per heavy atom. The molecule has 2 aliphatic heterocycles. The van der Waals surface area contributed by atoms with Gasteiger partial charge < -0.3 is 24.6 Å². The highest BCUT2D eigenvalue weighted by Crippen LogP contribution is 2.47. The van der Waals surface area contributed by atoms with E-state index in [2.05, 4.69) is 15.0 Å². The summed E-state index contributed by atoms with van der Waals surface area (Å²) in [7, 11) is 0. The third kappa shape index (κ3) is 1.68. The Morgan fingerprint density at radius 1 is 1.19 bits per heavy atom. The van der Waals surface area contributed by atoms with Crippen LogP contribution in [0, 0.1) is 5.92 Å². The van der Waals surface area contributed by atoms with Gasteiger partial charge in [-0.25, -0.2) is 15.0 Å². The van der Waals surface area contributed by atoms with Crippen LogP contribution in [0.5, 0.6) is 0 Å². The van der Waals surface area contributed by atoms with Crippen molar-refractivity contribution < 1.29 is 20.1 Å². The lowest BCUT2D eigenvalue weighted by molar-refractivity contribution is -0.0282. The molecule has 2 bridgehead atoms. The molecule has 0 aromatic carbocycles. The standard InChI is InChI=1S/C12H13ClN4O4/c13-11-5-12(15-2-14-11)17(3-16-5)6-4(1-18)9-7(19)8(20)10(6)21-9/h2-4,6-10,18-20H,1H2/t4-,6+,7-,8-,9-,10+/m1/s1. The first-order valence-corrected chi connectivity index (χ1v) is 6.96. The second-order valence-electron chi connectivity index (χ2n) is 5.37. The van der Waals surface area contributed by atoms with Crippen molar-refractivity contribution in [2.75, 3.05) is 6.61 Å².